The Balaban J connectivity index is 1.99. The third-order valence-corrected chi connectivity index (χ3v) is 4.83. The first kappa shape index (κ1) is 21.9. The van der Waals surface area contributed by atoms with Gasteiger partial charge in [0.1, 0.15) is 12.2 Å². The topological polar surface area (TPSA) is 112 Å². The van der Waals surface area contributed by atoms with Crippen molar-refractivity contribution in [3.8, 4) is 0 Å². The van der Waals surface area contributed by atoms with Crippen molar-refractivity contribution in [1.82, 2.24) is 19.4 Å². The molecule has 0 aliphatic heterocycles. The highest BCUT2D eigenvalue weighted by Crippen LogP contribution is 2.15. The minimum absolute atomic E-state index is 0.0127. The van der Waals surface area contributed by atoms with Crippen molar-refractivity contribution in [3.05, 3.63) is 73.6 Å². The van der Waals surface area contributed by atoms with Gasteiger partial charge in [0.05, 0.1) is 17.6 Å². The van der Waals surface area contributed by atoms with Crippen LogP contribution in [-0.4, -0.2) is 32.6 Å². The molecule has 3 aromatic rings. The van der Waals surface area contributed by atoms with Gasteiger partial charge in [-0.05, 0) is 32.4 Å². The maximum absolute atomic E-state index is 13.1. The maximum atomic E-state index is 13.1. The van der Waals surface area contributed by atoms with Crippen LogP contribution in [0.1, 0.15) is 34.1 Å². The fraction of sp³-hybridized carbons (Fsp3) is 0.318. The number of aromatic nitrogens is 3. The second kappa shape index (κ2) is 8.95. The van der Waals surface area contributed by atoms with Crippen molar-refractivity contribution < 1.29 is 14.3 Å². The van der Waals surface area contributed by atoms with Crippen LogP contribution < -0.4 is 16.6 Å². The van der Waals surface area contributed by atoms with E-state index in [2.05, 4.69) is 10.3 Å². The number of esters is 1. The molecule has 0 aliphatic rings. The zero-order chi connectivity index (χ0) is 22.7. The summed E-state index contributed by atoms with van der Waals surface area (Å²) in [6, 6.07) is 9.06. The van der Waals surface area contributed by atoms with Crippen LogP contribution in [0.25, 0.3) is 11.0 Å². The lowest BCUT2D eigenvalue weighted by Gasteiger charge is -2.13. The number of fused-ring (bicyclic) bond motifs is 1. The summed E-state index contributed by atoms with van der Waals surface area (Å²) in [5.41, 5.74) is 1.06. The fourth-order valence-electron chi connectivity index (χ4n) is 3.22. The number of nitrogens with zero attached hydrogens (tertiary/aromatic N) is 3. The molecule has 0 spiro atoms. The van der Waals surface area contributed by atoms with E-state index in [0.717, 1.165) is 20.3 Å². The van der Waals surface area contributed by atoms with Crippen LogP contribution in [0, 0.1) is 13.8 Å². The number of ether oxygens (including phenoxy) is 1. The first-order chi connectivity index (χ1) is 14.7. The summed E-state index contributed by atoms with van der Waals surface area (Å²) in [4.78, 5) is 55.0. The lowest BCUT2D eigenvalue weighted by Crippen LogP contribution is -2.43. The van der Waals surface area contributed by atoms with Gasteiger partial charge in [-0.2, -0.15) is 0 Å². The van der Waals surface area contributed by atoms with Gasteiger partial charge < -0.3 is 10.1 Å². The Bertz CT molecular complexity index is 1270. The molecular weight excluding hydrogens is 400 g/mol. The number of aryl methyl sites for hydroxylation is 3. The molecule has 31 heavy (non-hydrogen) atoms. The number of benzene rings is 1. The molecule has 2 aromatic heterocycles. The molecule has 2 heterocycles. The second-order valence-corrected chi connectivity index (χ2v) is 7.23. The summed E-state index contributed by atoms with van der Waals surface area (Å²) in [7, 11) is 1.44. The Morgan fingerprint density at radius 2 is 1.81 bits per heavy atom. The van der Waals surface area contributed by atoms with Crippen LogP contribution in [-0.2, 0) is 29.7 Å². The van der Waals surface area contributed by atoms with Crippen LogP contribution >= 0.6 is 0 Å². The van der Waals surface area contributed by atoms with Gasteiger partial charge >= 0.3 is 11.7 Å². The molecular formula is C22H24N4O5. The molecule has 9 nitrogen and oxygen atoms in total. The maximum Gasteiger partial charge on any atom is 0.339 e. The van der Waals surface area contributed by atoms with E-state index in [-0.39, 0.29) is 29.7 Å². The fourth-order valence-corrected chi connectivity index (χ4v) is 3.22. The van der Waals surface area contributed by atoms with E-state index in [1.807, 2.05) is 31.2 Å². The molecule has 1 amide bonds. The largest absolute Gasteiger partial charge is 0.462 e. The number of pyridine rings is 1. The van der Waals surface area contributed by atoms with Crippen molar-refractivity contribution in [2.75, 3.05) is 6.61 Å². The van der Waals surface area contributed by atoms with Crippen LogP contribution in [0.3, 0.4) is 0 Å². The third-order valence-electron chi connectivity index (χ3n) is 4.83. The summed E-state index contributed by atoms with van der Waals surface area (Å²) in [5.74, 6) is -1.19. The Kier molecular flexibility index (Phi) is 6.33. The molecule has 0 bridgehead atoms. The van der Waals surface area contributed by atoms with E-state index in [9.17, 15) is 19.2 Å². The average Bonchev–Trinajstić information content (AvgIpc) is 2.74. The number of amides is 1. The number of nitrogens with one attached hydrogen (secondary N) is 1. The molecule has 0 fully saturated rings. The van der Waals surface area contributed by atoms with Gasteiger partial charge in [-0.25, -0.2) is 14.6 Å². The van der Waals surface area contributed by atoms with Gasteiger partial charge in [0, 0.05) is 19.3 Å². The van der Waals surface area contributed by atoms with Crippen molar-refractivity contribution in [2.24, 2.45) is 7.05 Å². The Morgan fingerprint density at radius 3 is 2.45 bits per heavy atom. The lowest BCUT2D eigenvalue weighted by atomic mass is 10.1. The molecule has 0 unspecified atom stereocenters. The summed E-state index contributed by atoms with van der Waals surface area (Å²) in [6.45, 7) is 5.17. The summed E-state index contributed by atoms with van der Waals surface area (Å²) < 4.78 is 7.00. The smallest absolute Gasteiger partial charge is 0.339 e. The zero-order valence-corrected chi connectivity index (χ0v) is 17.9. The zero-order valence-electron chi connectivity index (χ0n) is 17.9. The highest BCUT2D eigenvalue weighted by Gasteiger charge is 2.22. The van der Waals surface area contributed by atoms with Crippen molar-refractivity contribution in [2.45, 2.75) is 33.9 Å². The van der Waals surface area contributed by atoms with Gasteiger partial charge in [-0.1, -0.05) is 29.8 Å². The van der Waals surface area contributed by atoms with Gasteiger partial charge in [0.2, 0.25) is 5.91 Å². The molecule has 0 aliphatic carbocycles. The van der Waals surface area contributed by atoms with E-state index < -0.39 is 29.7 Å². The summed E-state index contributed by atoms with van der Waals surface area (Å²) in [5, 5.41) is 2.64. The minimum atomic E-state index is -0.765. The van der Waals surface area contributed by atoms with Gasteiger partial charge in [-0.15, -0.1) is 0 Å². The molecule has 0 saturated carbocycles. The Hall–Kier alpha value is -3.75. The second-order valence-electron chi connectivity index (χ2n) is 7.23. The first-order valence-electron chi connectivity index (χ1n) is 9.83. The van der Waals surface area contributed by atoms with E-state index in [4.69, 9.17) is 4.74 Å². The van der Waals surface area contributed by atoms with Crippen LogP contribution in [0.2, 0.25) is 0 Å². The quantitative estimate of drug-likeness (QED) is 0.595. The SMILES string of the molecule is CCOC(=O)c1cc(C)nc2c1c(=O)n(CC(=O)NCc1ccc(C)cc1)c(=O)n2C. The van der Waals surface area contributed by atoms with Crippen LogP contribution in [0.15, 0.2) is 39.9 Å². The number of hydrogen-bond acceptors (Lipinski definition) is 6. The molecule has 162 valence electrons. The summed E-state index contributed by atoms with van der Waals surface area (Å²) in [6.07, 6.45) is 0. The molecule has 1 N–H and O–H groups in total. The van der Waals surface area contributed by atoms with Crippen LogP contribution in [0.4, 0.5) is 0 Å². The normalized spacial score (nSPS) is 10.8. The molecule has 3 rings (SSSR count). The standard InChI is InChI=1S/C22H24N4O5/c1-5-31-21(29)16-10-14(3)24-19-18(16)20(28)26(22(30)25(19)4)12-17(27)23-11-15-8-6-13(2)7-9-15/h6-10H,5,11-12H2,1-4H3,(H,23,27). The van der Waals surface area contributed by atoms with Gasteiger partial charge in [0.25, 0.3) is 5.56 Å². The summed E-state index contributed by atoms with van der Waals surface area (Å²) >= 11 is 0. The highest BCUT2D eigenvalue weighted by atomic mass is 16.5. The van der Waals surface area contributed by atoms with Crippen molar-refractivity contribution in [3.63, 3.8) is 0 Å². The Morgan fingerprint density at radius 1 is 1.13 bits per heavy atom. The van der Waals surface area contributed by atoms with Crippen molar-refractivity contribution >= 4 is 22.9 Å². The number of hydrogen-bond donors (Lipinski definition) is 1. The minimum Gasteiger partial charge on any atom is -0.462 e. The molecule has 0 saturated heterocycles. The number of carbonyl (C=O) groups excluding carboxylic acids is 2. The van der Waals surface area contributed by atoms with Crippen LogP contribution in [0.5, 0.6) is 0 Å². The number of carbonyl (C=O) groups is 2. The number of rotatable bonds is 6. The lowest BCUT2D eigenvalue weighted by molar-refractivity contribution is -0.121. The predicted octanol–water partition coefficient (Wildman–Crippen LogP) is 1.21. The van der Waals surface area contributed by atoms with Gasteiger partial charge in [0.15, 0.2) is 0 Å². The highest BCUT2D eigenvalue weighted by molar-refractivity contribution is 6.02. The van der Waals surface area contributed by atoms with Crippen molar-refractivity contribution in [1.29, 1.82) is 0 Å². The molecule has 0 atom stereocenters. The Labute approximate surface area is 178 Å². The molecule has 1 aromatic carbocycles. The monoisotopic (exact) mass is 424 g/mol. The molecule has 9 heteroatoms. The van der Waals surface area contributed by atoms with E-state index in [0.29, 0.717) is 5.69 Å². The third kappa shape index (κ3) is 4.55. The van der Waals surface area contributed by atoms with E-state index in [1.54, 1.807) is 13.8 Å². The van der Waals surface area contributed by atoms with E-state index >= 15 is 0 Å². The first-order valence-corrected chi connectivity index (χ1v) is 9.83. The van der Waals surface area contributed by atoms with E-state index in [1.165, 1.54) is 13.1 Å². The van der Waals surface area contributed by atoms with Gasteiger partial charge in [-0.3, -0.25) is 18.7 Å². The predicted molar refractivity (Wildman–Crippen MR) is 115 cm³/mol. The molecule has 0 radical (unpaired) electrons. The average molecular weight is 424 g/mol.